The first kappa shape index (κ1) is 21.3. The van der Waals surface area contributed by atoms with E-state index in [9.17, 15) is 9.59 Å². The molecule has 2 aromatic carbocycles. The van der Waals surface area contributed by atoms with Crippen LogP contribution < -0.4 is 5.32 Å². The SMILES string of the molecule is CC[C@H](C(=O)NC)N(Cc1ccc(Cl)cc1)C(=O)CCc1ccccc1Cl. The zero-order valence-corrected chi connectivity index (χ0v) is 17.1. The van der Waals surface area contributed by atoms with E-state index in [4.69, 9.17) is 23.2 Å². The molecule has 2 amide bonds. The molecular formula is C21H24Cl2N2O2. The lowest BCUT2D eigenvalue weighted by Crippen LogP contribution is -2.48. The predicted octanol–water partition coefficient (Wildman–Crippen LogP) is 4.48. The molecule has 0 fully saturated rings. The first-order valence-electron chi connectivity index (χ1n) is 8.95. The third kappa shape index (κ3) is 5.98. The Labute approximate surface area is 170 Å². The maximum absolute atomic E-state index is 13.0. The second-order valence-electron chi connectivity index (χ2n) is 6.28. The van der Waals surface area contributed by atoms with E-state index in [0.717, 1.165) is 11.1 Å². The number of likely N-dealkylation sites (N-methyl/N-ethyl adjacent to an activating group) is 1. The molecule has 0 aliphatic heterocycles. The van der Waals surface area contributed by atoms with Crippen LogP contribution in [0.2, 0.25) is 10.0 Å². The van der Waals surface area contributed by atoms with E-state index in [0.29, 0.717) is 29.4 Å². The smallest absolute Gasteiger partial charge is 0.242 e. The molecule has 0 aliphatic carbocycles. The summed E-state index contributed by atoms with van der Waals surface area (Å²) in [5, 5.41) is 3.93. The van der Waals surface area contributed by atoms with Crippen LogP contribution in [0.5, 0.6) is 0 Å². The van der Waals surface area contributed by atoms with E-state index >= 15 is 0 Å². The lowest BCUT2D eigenvalue weighted by molar-refractivity contribution is -0.141. The molecule has 0 heterocycles. The number of carbonyl (C=O) groups excluding carboxylic acids is 2. The van der Waals surface area contributed by atoms with Crippen molar-refractivity contribution in [3.05, 3.63) is 69.7 Å². The van der Waals surface area contributed by atoms with Gasteiger partial charge in [-0.1, -0.05) is 60.5 Å². The van der Waals surface area contributed by atoms with Crippen LogP contribution >= 0.6 is 23.2 Å². The molecule has 1 atom stereocenters. The van der Waals surface area contributed by atoms with Crippen molar-refractivity contribution in [1.29, 1.82) is 0 Å². The third-order valence-corrected chi connectivity index (χ3v) is 5.09. The zero-order chi connectivity index (χ0) is 19.8. The molecular weight excluding hydrogens is 383 g/mol. The van der Waals surface area contributed by atoms with Crippen molar-refractivity contribution in [3.8, 4) is 0 Å². The average molecular weight is 407 g/mol. The number of nitrogens with zero attached hydrogens (tertiary/aromatic N) is 1. The highest BCUT2D eigenvalue weighted by Crippen LogP contribution is 2.19. The van der Waals surface area contributed by atoms with Gasteiger partial charge in [0.05, 0.1) is 0 Å². The highest BCUT2D eigenvalue weighted by Gasteiger charge is 2.27. The van der Waals surface area contributed by atoms with Crippen LogP contribution in [0, 0.1) is 0 Å². The van der Waals surface area contributed by atoms with Crippen LogP contribution in [-0.2, 0) is 22.6 Å². The van der Waals surface area contributed by atoms with E-state index in [2.05, 4.69) is 5.32 Å². The minimum atomic E-state index is -0.524. The van der Waals surface area contributed by atoms with Gasteiger partial charge in [-0.15, -0.1) is 0 Å². The van der Waals surface area contributed by atoms with Gasteiger partial charge in [-0.2, -0.15) is 0 Å². The number of halogens is 2. The first-order valence-corrected chi connectivity index (χ1v) is 9.70. The number of amides is 2. The summed E-state index contributed by atoms with van der Waals surface area (Å²) in [6, 6.07) is 14.3. The summed E-state index contributed by atoms with van der Waals surface area (Å²) < 4.78 is 0. The summed E-state index contributed by atoms with van der Waals surface area (Å²) in [4.78, 5) is 26.9. The monoisotopic (exact) mass is 406 g/mol. The lowest BCUT2D eigenvalue weighted by Gasteiger charge is -2.30. The van der Waals surface area contributed by atoms with Gasteiger partial charge in [-0.05, 0) is 42.2 Å². The standard InChI is InChI=1S/C21H24Cl2N2O2/c1-3-19(21(27)24-2)25(14-15-8-11-17(22)12-9-15)20(26)13-10-16-6-4-5-7-18(16)23/h4-9,11-12,19H,3,10,13-14H2,1-2H3,(H,24,27)/t19-/m1/s1. The molecule has 0 saturated heterocycles. The Morgan fingerprint density at radius 3 is 2.33 bits per heavy atom. The summed E-state index contributed by atoms with van der Waals surface area (Å²) in [6.45, 7) is 2.25. The number of carbonyl (C=O) groups is 2. The molecule has 0 aliphatic rings. The predicted molar refractivity (Wildman–Crippen MR) is 110 cm³/mol. The van der Waals surface area contributed by atoms with Crippen molar-refractivity contribution in [3.63, 3.8) is 0 Å². The van der Waals surface area contributed by atoms with Crippen molar-refractivity contribution in [1.82, 2.24) is 10.2 Å². The van der Waals surface area contributed by atoms with Gasteiger partial charge >= 0.3 is 0 Å². The number of benzene rings is 2. The van der Waals surface area contributed by atoms with Crippen molar-refractivity contribution in [2.24, 2.45) is 0 Å². The van der Waals surface area contributed by atoms with E-state index in [1.165, 1.54) is 0 Å². The Balaban J connectivity index is 2.19. The molecule has 27 heavy (non-hydrogen) atoms. The minimum absolute atomic E-state index is 0.0830. The van der Waals surface area contributed by atoms with Gasteiger partial charge in [0.2, 0.25) is 11.8 Å². The number of rotatable bonds is 8. The fourth-order valence-corrected chi connectivity index (χ4v) is 3.32. The highest BCUT2D eigenvalue weighted by molar-refractivity contribution is 6.31. The molecule has 0 saturated carbocycles. The first-order chi connectivity index (χ1) is 13.0. The molecule has 0 bridgehead atoms. The Kier molecular flexibility index (Phi) is 8.14. The summed E-state index contributed by atoms with van der Waals surface area (Å²) >= 11 is 12.1. The van der Waals surface area contributed by atoms with Gasteiger partial charge in [-0.3, -0.25) is 9.59 Å². The van der Waals surface area contributed by atoms with Gasteiger partial charge in [0.1, 0.15) is 6.04 Å². The Hall–Kier alpha value is -2.04. The van der Waals surface area contributed by atoms with Crippen molar-refractivity contribution >= 4 is 35.0 Å². The summed E-state index contributed by atoms with van der Waals surface area (Å²) in [5.74, 6) is -0.252. The Bertz CT molecular complexity index is 778. The number of aryl methyl sites for hydroxylation is 1. The van der Waals surface area contributed by atoms with Gasteiger partial charge in [0.25, 0.3) is 0 Å². The molecule has 2 rings (SSSR count). The van der Waals surface area contributed by atoms with Gasteiger partial charge in [0, 0.05) is 30.1 Å². The lowest BCUT2D eigenvalue weighted by atomic mass is 10.1. The Morgan fingerprint density at radius 2 is 1.74 bits per heavy atom. The van der Waals surface area contributed by atoms with Crippen LogP contribution in [0.15, 0.2) is 48.5 Å². The largest absolute Gasteiger partial charge is 0.357 e. The average Bonchev–Trinajstić information content (AvgIpc) is 2.68. The second-order valence-corrected chi connectivity index (χ2v) is 7.12. The Morgan fingerprint density at radius 1 is 1.07 bits per heavy atom. The molecule has 1 N–H and O–H groups in total. The van der Waals surface area contributed by atoms with E-state index < -0.39 is 6.04 Å². The highest BCUT2D eigenvalue weighted by atomic mass is 35.5. The van der Waals surface area contributed by atoms with E-state index in [1.807, 2.05) is 43.3 Å². The van der Waals surface area contributed by atoms with Gasteiger partial charge in [-0.25, -0.2) is 0 Å². The number of hydrogen-bond acceptors (Lipinski definition) is 2. The number of nitrogens with one attached hydrogen (secondary N) is 1. The molecule has 144 valence electrons. The maximum atomic E-state index is 13.0. The van der Waals surface area contributed by atoms with Gasteiger partial charge < -0.3 is 10.2 Å². The summed E-state index contributed by atoms with van der Waals surface area (Å²) in [7, 11) is 1.58. The van der Waals surface area contributed by atoms with Crippen LogP contribution in [-0.4, -0.2) is 29.8 Å². The molecule has 2 aromatic rings. The van der Waals surface area contributed by atoms with Crippen LogP contribution in [0.25, 0.3) is 0 Å². The van der Waals surface area contributed by atoms with Crippen LogP contribution in [0.3, 0.4) is 0 Å². The van der Waals surface area contributed by atoms with Crippen LogP contribution in [0.1, 0.15) is 30.9 Å². The number of hydrogen-bond donors (Lipinski definition) is 1. The van der Waals surface area contributed by atoms with E-state index in [-0.39, 0.29) is 18.2 Å². The summed E-state index contributed by atoms with van der Waals surface area (Å²) in [6.07, 6.45) is 1.34. The molecule has 0 spiro atoms. The zero-order valence-electron chi connectivity index (χ0n) is 15.5. The fourth-order valence-electron chi connectivity index (χ4n) is 2.96. The maximum Gasteiger partial charge on any atom is 0.242 e. The molecule has 6 heteroatoms. The van der Waals surface area contributed by atoms with Crippen molar-refractivity contribution < 1.29 is 9.59 Å². The van der Waals surface area contributed by atoms with Crippen molar-refractivity contribution in [2.45, 2.75) is 38.8 Å². The summed E-state index contributed by atoms with van der Waals surface area (Å²) in [5.41, 5.74) is 1.85. The fraction of sp³-hybridized carbons (Fsp3) is 0.333. The molecule has 4 nitrogen and oxygen atoms in total. The molecule has 0 aromatic heterocycles. The second kappa shape index (κ2) is 10.3. The minimum Gasteiger partial charge on any atom is -0.357 e. The topological polar surface area (TPSA) is 49.4 Å². The van der Waals surface area contributed by atoms with Crippen LogP contribution in [0.4, 0.5) is 0 Å². The molecule has 0 unspecified atom stereocenters. The van der Waals surface area contributed by atoms with Crippen molar-refractivity contribution in [2.75, 3.05) is 7.05 Å². The quantitative estimate of drug-likeness (QED) is 0.702. The van der Waals surface area contributed by atoms with E-state index in [1.54, 1.807) is 24.1 Å². The third-order valence-electron chi connectivity index (χ3n) is 4.46. The van der Waals surface area contributed by atoms with Gasteiger partial charge in [0.15, 0.2) is 0 Å². The normalized spacial score (nSPS) is 11.7. The molecule has 0 radical (unpaired) electrons.